The quantitative estimate of drug-likeness (QED) is 0.815. The van der Waals surface area contributed by atoms with Crippen molar-refractivity contribution in [1.29, 1.82) is 0 Å². The van der Waals surface area contributed by atoms with E-state index in [4.69, 9.17) is 17.2 Å². The second-order valence-corrected chi connectivity index (χ2v) is 7.39. The summed E-state index contributed by atoms with van der Waals surface area (Å²) in [5.74, 6) is 1.74. The molecule has 2 heterocycles. The van der Waals surface area contributed by atoms with Crippen molar-refractivity contribution in [2.75, 3.05) is 13.1 Å². The van der Waals surface area contributed by atoms with Crippen LogP contribution in [-0.4, -0.2) is 28.9 Å². The molecule has 1 saturated heterocycles. The Morgan fingerprint density at radius 1 is 1.33 bits per heavy atom. The monoisotopic (exact) mass is 363 g/mol. The Morgan fingerprint density at radius 2 is 2.19 bits per heavy atom. The number of amidine groups is 1. The van der Waals surface area contributed by atoms with E-state index in [1.165, 1.54) is 24.8 Å². The van der Waals surface area contributed by atoms with Crippen LogP contribution in [0.5, 0.6) is 0 Å². The van der Waals surface area contributed by atoms with Crippen molar-refractivity contribution in [1.82, 2.24) is 10.2 Å². The van der Waals surface area contributed by atoms with Crippen LogP contribution >= 0.6 is 28.1 Å². The predicted molar refractivity (Wildman–Crippen MR) is 92.5 cm³/mol. The second kappa shape index (κ2) is 5.06. The van der Waals surface area contributed by atoms with Gasteiger partial charge in [0, 0.05) is 17.6 Å². The molecule has 0 radical (unpaired) electrons. The van der Waals surface area contributed by atoms with Gasteiger partial charge in [0.05, 0.1) is 0 Å². The largest absolute Gasteiger partial charge is 0.346 e. The van der Waals surface area contributed by atoms with Gasteiger partial charge >= 0.3 is 0 Å². The van der Waals surface area contributed by atoms with E-state index in [0.717, 1.165) is 34.9 Å². The summed E-state index contributed by atoms with van der Waals surface area (Å²) in [6.45, 7) is 1.91. The summed E-state index contributed by atoms with van der Waals surface area (Å²) in [6, 6.07) is 8.61. The Balaban J connectivity index is 1.89. The molecule has 0 amide bonds. The first-order valence-corrected chi connectivity index (χ1v) is 8.82. The molecule has 2 fully saturated rings. The molecule has 1 saturated carbocycles. The Morgan fingerprint density at radius 3 is 2.90 bits per heavy atom. The molecular formula is C16H18BrN3S. The van der Waals surface area contributed by atoms with Crippen LogP contribution in [0.2, 0.25) is 0 Å². The highest BCUT2D eigenvalue weighted by Gasteiger charge is 2.55. The molecule has 1 atom stereocenters. The molecule has 1 aromatic rings. The highest BCUT2D eigenvalue weighted by molar-refractivity contribution is 9.10. The van der Waals surface area contributed by atoms with E-state index in [-0.39, 0.29) is 5.54 Å². The van der Waals surface area contributed by atoms with Crippen LogP contribution in [-0.2, 0) is 5.54 Å². The van der Waals surface area contributed by atoms with Crippen molar-refractivity contribution in [3.63, 3.8) is 0 Å². The lowest BCUT2D eigenvalue weighted by molar-refractivity contribution is 0.206. The van der Waals surface area contributed by atoms with Crippen LogP contribution in [0, 0.1) is 5.92 Å². The third kappa shape index (κ3) is 1.97. The van der Waals surface area contributed by atoms with E-state index >= 15 is 0 Å². The van der Waals surface area contributed by atoms with Gasteiger partial charge in [-0.05, 0) is 55.1 Å². The second-order valence-electron chi connectivity index (χ2n) is 6.09. The first-order chi connectivity index (χ1) is 10.2. The van der Waals surface area contributed by atoms with Crippen LogP contribution in [0.3, 0.4) is 0 Å². The number of thiocarbonyl (C=S) groups is 1. The summed E-state index contributed by atoms with van der Waals surface area (Å²) in [4.78, 5) is 7.10. The number of fused-ring (bicyclic) bond motifs is 1. The molecule has 1 N–H and O–H groups in total. The molecule has 21 heavy (non-hydrogen) atoms. The summed E-state index contributed by atoms with van der Waals surface area (Å²) in [5.41, 5.74) is 1.08. The van der Waals surface area contributed by atoms with Gasteiger partial charge in [-0.2, -0.15) is 0 Å². The van der Waals surface area contributed by atoms with Gasteiger partial charge in [0.2, 0.25) is 0 Å². The van der Waals surface area contributed by atoms with E-state index in [1.54, 1.807) is 0 Å². The van der Waals surface area contributed by atoms with Crippen molar-refractivity contribution >= 4 is 39.1 Å². The first kappa shape index (κ1) is 13.7. The molecule has 2 aliphatic heterocycles. The molecule has 0 spiro atoms. The summed E-state index contributed by atoms with van der Waals surface area (Å²) in [7, 11) is 0. The minimum absolute atomic E-state index is 0.209. The third-order valence-electron chi connectivity index (χ3n) is 4.96. The topological polar surface area (TPSA) is 27.6 Å². The molecule has 0 aromatic heterocycles. The van der Waals surface area contributed by atoms with Gasteiger partial charge in [-0.15, -0.1) is 0 Å². The molecule has 5 heteroatoms. The minimum Gasteiger partial charge on any atom is -0.346 e. The Labute approximate surface area is 138 Å². The lowest BCUT2D eigenvalue weighted by Crippen LogP contribution is -2.53. The summed E-state index contributed by atoms with van der Waals surface area (Å²) < 4.78 is 1.11. The number of nitrogens with zero attached hydrogens (tertiary/aromatic N) is 2. The fourth-order valence-electron chi connectivity index (χ4n) is 3.73. The fraction of sp³-hybridized carbons (Fsp3) is 0.500. The van der Waals surface area contributed by atoms with Gasteiger partial charge in [0.25, 0.3) is 0 Å². The van der Waals surface area contributed by atoms with Crippen molar-refractivity contribution in [3.05, 3.63) is 34.3 Å². The molecule has 3 aliphatic rings. The smallest absolute Gasteiger partial charge is 0.175 e. The van der Waals surface area contributed by atoms with Crippen LogP contribution in [0.1, 0.15) is 31.2 Å². The lowest BCUT2D eigenvalue weighted by atomic mass is 9.67. The van der Waals surface area contributed by atoms with Gasteiger partial charge in [0.1, 0.15) is 11.4 Å². The SMILES string of the molecule is S=C1NC(c2cccc(Br)c2)(C2CCC2)C2=NCCCN12. The van der Waals surface area contributed by atoms with Gasteiger partial charge in [-0.1, -0.05) is 34.5 Å². The fourth-order valence-corrected chi connectivity index (χ4v) is 4.47. The maximum atomic E-state index is 5.61. The highest BCUT2D eigenvalue weighted by atomic mass is 79.9. The lowest BCUT2D eigenvalue weighted by Gasteiger charge is -2.43. The number of hydrogen-bond donors (Lipinski definition) is 1. The average molecular weight is 364 g/mol. The summed E-state index contributed by atoms with van der Waals surface area (Å²) in [5, 5.41) is 4.51. The molecule has 1 unspecified atom stereocenters. The standard InChI is InChI=1S/C16H18BrN3S/c17-13-7-2-6-12(10-13)16(11-4-1-5-11)14-18-8-3-9-20(14)15(21)19-16/h2,6-7,10-11H,1,3-5,8-9H2,(H,19,21). The van der Waals surface area contributed by atoms with Crippen LogP contribution in [0.15, 0.2) is 33.7 Å². The Bertz CT molecular complexity index is 626. The first-order valence-electron chi connectivity index (χ1n) is 7.62. The van der Waals surface area contributed by atoms with Gasteiger partial charge < -0.3 is 10.2 Å². The van der Waals surface area contributed by atoms with Crippen LogP contribution < -0.4 is 5.32 Å². The van der Waals surface area contributed by atoms with E-state index in [0.29, 0.717) is 5.92 Å². The number of benzene rings is 1. The number of hydrogen-bond acceptors (Lipinski definition) is 2. The molecule has 110 valence electrons. The summed E-state index contributed by atoms with van der Waals surface area (Å²) >= 11 is 9.22. The van der Waals surface area contributed by atoms with E-state index in [1.807, 2.05) is 0 Å². The predicted octanol–water partition coefficient (Wildman–Crippen LogP) is 3.44. The molecule has 4 rings (SSSR count). The Kier molecular flexibility index (Phi) is 3.30. The maximum Gasteiger partial charge on any atom is 0.175 e. The zero-order chi connectivity index (χ0) is 14.4. The van der Waals surface area contributed by atoms with Gasteiger partial charge in [0.15, 0.2) is 5.11 Å². The highest BCUT2D eigenvalue weighted by Crippen LogP contribution is 2.47. The minimum atomic E-state index is -0.209. The number of rotatable bonds is 2. The molecule has 3 nitrogen and oxygen atoms in total. The zero-order valence-electron chi connectivity index (χ0n) is 11.8. The van der Waals surface area contributed by atoms with Crippen molar-refractivity contribution in [2.45, 2.75) is 31.2 Å². The number of nitrogens with one attached hydrogen (secondary N) is 1. The van der Waals surface area contributed by atoms with E-state index < -0.39 is 0 Å². The van der Waals surface area contributed by atoms with Crippen LogP contribution in [0.25, 0.3) is 0 Å². The normalized spacial score (nSPS) is 28.7. The molecular weight excluding hydrogens is 346 g/mol. The van der Waals surface area contributed by atoms with Crippen LogP contribution in [0.4, 0.5) is 0 Å². The number of aliphatic imine (C=N–C) groups is 1. The van der Waals surface area contributed by atoms with E-state index in [2.05, 4.69) is 50.4 Å². The Hall–Kier alpha value is -0.940. The zero-order valence-corrected chi connectivity index (χ0v) is 14.2. The number of halogens is 1. The molecule has 1 aliphatic carbocycles. The third-order valence-corrected chi connectivity index (χ3v) is 5.77. The van der Waals surface area contributed by atoms with Crippen molar-refractivity contribution < 1.29 is 0 Å². The van der Waals surface area contributed by atoms with Gasteiger partial charge in [-0.3, -0.25) is 4.99 Å². The van der Waals surface area contributed by atoms with E-state index in [9.17, 15) is 0 Å². The average Bonchev–Trinajstić information content (AvgIpc) is 2.72. The molecule has 1 aromatic carbocycles. The van der Waals surface area contributed by atoms with Gasteiger partial charge in [-0.25, -0.2) is 0 Å². The summed E-state index contributed by atoms with van der Waals surface area (Å²) in [6.07, 6.45) is 4.89. The van der Waals surface area contributed by atoms with Crippen molar-refractivity contribution in [3.8, 4) is 0 Å². The molecule has 0 bridgehead atoms. The maximum absolute atomic E-state index is 5.61. The van der Waals surface area contributed by atoms with Crippen molar-refractivity contribution in [2.24, 2.45) is 10.9 Å².